The van der Waals surface area contributed by atoms with Gasteiger partial charge in [-0.1, -0.05) is 101 Å². The van der Waals surface area contributed by atoms with Crippen molar-refractivity contribution < 1.29 is 17.7 Å². The van der Waals surface area contributed by atoms with E-state index < -0.39 is 10.0 Å². The maximum absolute atomic E-state index is 13.8. The third-order valence-electron chi connectivity index (χ3n) is 8.23. The van der Waals surface area contributed by atoms with Gasteiger partial charge in [0.25, 0.3) is 0 Å². The Morgan fingerprint density at radius 1 is 0.744 bits per heavy atom. The van der Waals surface area contributed by atoms with Crippen LogP contribution < -0.4 is 9.30 Å². The Hall–Kier alpha value is -2.70. The molecule has 43 heavy (non-hydrogen) atoms. The molecule has 0 bridgehead atoms. The number of pyridine rings is 1. The van der Waals surface area contributed by atoms with E-state index in [1.165, 1.54) is 70.6 Å². The Bertz CT molecular complexity index is 1320. The summed E-state index contributed by atoms with van der Waals surface area (Å²) in [4.78, 5) is 0.317. The van der Waals surface area contributed by atoms with Crippen molar-refractivity contribution in [2.24, 2.45) is 0 Å². The van der Waals surface area contributed by atoms with Crippen LogP contribution in [0, 0.1) is 13.8 Å². The summed E-state index contributed by atoms with van der Waals surface area (Å²) in [6, 6.07) is 17.1. The number of hydrogen-bond donors (Lipinski definition) is 0. The van der Waals surface area contributed by atoms with Crippen molar-refractivity contribution in [3.63, 3.8) is 0 Å². The van der Waals surface area contributed by atoms with Gasteiger partial charge in [-0.2, -0.15) is 4.31 Å². The molecule has 0 aliphatic rings. The molecule has 0 amide bonds. The van der Waals surface area contributed by atoms with Crippen molar-refractivity contribution in [1.82, 2.24) is 4.31 Å². The number of hydrogen-bond acceptors (Lipinski definition) is 3. The standard InChI is InChI=1S/C37H55N2O3S/c1-5-7-8-9-10-11-12-13-14-15-16-17-27-42-36-23-22-35(33(4)28-36)31-39(30-34-19-18-26-38(6-2)29-34)43(40,41)37-24-20-32(3)21-25-37/h18-26,28-29H,5-17,27,30-31H2,1-4H3/q+1. The molecule has 0 aliphatic heterocycles. The fourth-order valence-electron chi connectivity index (χ4n) is 5.41. The van der Waals surface area contributed by atoms with Gasteiger partial charge in [-0.3, -0.25) is 0 Å². The van der Waals surface area contributed by atoms with Crippen LogP contribution in [0.2, 0.25) is 0 Å². The molecule has 0 saturated heterocycles. The van der Waals surface area contributed by atoms with E-state index in [9.17, 15) is 8.42 Å². The highest BCUT2D eigenvalue weighted by Crippen LogP contribution is 2.25. The molecule has 236 valence electrons. The lowest BCUT2D eigenvalue weighted by atomic mass is 10.1. The summed E-state index contributed by atoms with van der Waals surface area (Å²) in [5.41, 5.74) is 4.01. The van der Waals surface area contributed by atoms with Crippen LogP contribution in [-0.2, 0) is 29.7 Å². The molecule has 1 aromatic heterocycles. The summed E-state index contributed by atoms with van der Waals surface area (Å²) in [7, 11) is -3.70. The van der Waals surface area contributed by atoms with Gasteiger partial charge in [0.2, 0.25) is 10.0 Å². The van der Waals surface area contributed by atoms with Gasteiger partial charge in [0.05, 0.1) is 11.5 Å². The first-order valence-corrected chi connectivity index (χ1v) is 18.0. The Balaban J connectivity index is 1.52. The second-order valence-electron chi connectivity index (χ2n) is 12.0. The van der Waals surface area contributed by atoms with E-state index >= 15 is 0 Å². The third kappa shape index (κ3) is 12.1. The third-order valence-corrected chi connectivity index (χ3v) is 10.0. The highest BCUT2D eigenvalue weighted by Gasteiger charge is 2.26. The number of benzene rings is 2. The zero-order valence-corrected chi connectivity index (χ0v) is 28.0. The Morgan fingerprint density at radius 2 is 1.37 bits per heavy atom. The lowest BCUT2D eigenvalue weighted by Gasteiger charge is -2.23. The first-order chi connectivity index (χ1) is 20.8. The Kier molecular flexibility index (Phi) is 15.3. The van der Waals surface area contributed by atoms with E-state index in [0.717, 1.165) is 47.6 Å². The first-order valence-electron chi connectivity index (χ1n) is 16.6. The molecule has 5 nitrogen and oxygen atoms in total. The molecule has 0 spiro atoms. The lowest BCUT2D eigenvalue weighted by Crippen LogP contribution is -2.34. The van der Waals surface area contributed by atoms with Gasteiger partial charge >= 0.3 is 0 Å². The molecule has 0 N–H and O–H groups in total. The highest BCUT2D eigenvalue weighted by molar-refractivity contribution is 7.89. The van der Waals surface area contributed by atoms with Gasteiger partial charge in [-0.05, 0) is 68.7 Å². The Morgan fingerprint density at radius 3 is 1.98 bits per heavy atom. The average Bonchev–Trinajstić information content (AvgIpc) is 3.00. The van der Waals surface area contributed by atoms with Crippen LogP contribution in [0.5, 0.6) is 5.75 Å². The Labute approximate surface area is 262 Å². The monoisotopic (exact) mass is 607 g/mol. The molecule has 0 atom stereocenters. The van der Waals surface area contributed by atoms with Gasteiger partial charge in [-0.15, -0.1) is 0 Å². The van der Waals surface area contributed by atoms with E-state index in [1.54, 1.807) is 16.4 Å². The number of ether oxygens (including phenoxy) is 1. The molecule has 0 fully saturated rings. The van der Waals surface area contributed by atoms with Crippen LogP contribution >= 0.6 is 0 Å². The molecule has 3 aromatic rings. The summed E-state index contributed by atoms with van der Waals surface area (Å²) >= 11 is 0. The SMILES string of the molecule is CCCCCCCCCCCCCCOc1ccc(CN(Cc2ccc[n+](CC)c2)S(=O)(=O)c2ccc(C)cc2)c(C)c1. The summed E-state index contributed by atoms with van der Waals surface area (Å²) in [6.07, 6.45) is 19.9. The number of rotatable bonds is 21. The summed E-state index contributed by atoms with van der Waals surface area (Å²) in [5, 5.41) is 0. The predicted molar refractivity (Wildman–Crippen MR) is 178 cm³/mol. The molecule has 0 radical (unpaired) electrons. The topological polar surface area (TPSA) is 50.5 Å². The fraction of sp³-hybridized carbons (Fsp3) is 0.541. The molecule has 3 rings (SSSR count). The molecular weight excluding hydrogens is 552 g/mol. The van der Waals surface area contributed by atoms with Gasteiger partial charge in [0, 0.05) is 24.7 Å². The normalized spacial score (nSPS) is 11.7. The van der Waals surface area contributed by atoms with Crippen molar-refractivity contribution in [2.45, 2.75) is 129 Å². The van der Waals surface area contributed by atoms with E-state index in [2.05, 4.69) is 18.4 Å². The van der Waals surface area contributed by atoms with Crippen molar-refractivity contribution >= 4 is 10.0 Å². The zero-order valence-electron chi connectivity index (χ0n) is 27.2. The summed E-state index contributed by atoms with van der Waals surface area (Å²) in [6.45, 7) is 10.5. The smallest absolute Gasteiger partial charge is 0.243 e. The van der Waals surface area contributed by atoms with E-state index in [4.69, 9.17) is 4.74 Å². The molecule has 2 aromatic carbocycles. The van der Waals surface area contributed by atoms with E-state index in [-0.39, 0.29) is 0 Å². The zero-order chi connectivity index (χ0) is 30.9. The highest BCUT2D eigenvalue weighted by atomic mass is 32.2. The van der Waals surface area contributed by atoms with Crippen LogP contribution in [0.25, 0.3) is 0 Å². The van der Waals surface area contributed by atoms with Crippen LogP contribution in [0.3, 0.4) is 0 Å². The molecule has 1 heterocycles. The van der Waals surface area contributed by atoms with Crippen molar-refractivity contribution in [3.05, 3.63) is 89.2 Å². The van der Waals surface area contributed by atoms with Gasteiger partial charge in [0.15, 0.2) is 12.4 Å². The number of unbranched alkanes of at least 4 members (excludes halogenated alkanes) is 11. The first kappa shape index (κ1) is 34.8. The minimum atomic E-state index is -3.70. The second-order valence-corrected chi connectivity index (χ2v) is 13.9. The van der Waals surface area contributed by atoms with Crippen LogP contribution in [0.15, 0.2) is 71.9 Å². The van der Waals surface area contributed by atoms with Crippen LogP contribution in [0.4, 0.5) is 0 Å². The maximum atomic E-state index is 13.8. The van der Waals surface area contributed by atoms with Gasteiger partial charge in [0.1, 0.15) is 12.3 Å². The maximum Gasteiger partial charge on any atom is 0.243 e. The molecule has 0 saturated carbocycles. The van der Waals surface area contributed by atoms with Crippen molar-refractivity contribution in [1.29, 1.82) is 0 Å². The predicted octanol–water partition coefficient (Wildman–Crippen LogP) is 9.08. The molecule has 6 heteroatoms. The largest absolute Gasteiger partial charge is 0.494 e. The van der Waals surface area contributed by atoms with Crippen LogP contribution in [-0.4, -0.2) is 19.3 Å². The number of aromatic nitrogens is 1. The summed E-state index contributed by atoms with van der Waals surface area (Å²) < 4.78 is 37.4. The number of sulfonamides is 1. The fourth-order valence-corrected chi connectivity index (χ4v) is 6.82. The molecule has 0 unspecified atom stereocenters. The minimum absolute atomic E-state index is 0.294. The van der Waals surface area contributed by atoms with Crippen molar-refractivity contribution in [3.8, 4) is 5.75 Å². The summed E-state index contributed by atoms with van der Waals surface area (Å²) in [5.74, 6) is 0.851. The molecular formula is C37H55N2O3S+. The van der Waals surface area contributed by atoms with Gasteiger partial charge in [-0.25, -0.2) is 13.0 Å². The average molecular weight is 608 g/mol. The van der Waals surface area contributed by atoms with E-state index in [0.29, 0.717) is 18.0 Å². The van der Waals surface area contributed by atoms with Crippen molar-refractivity contribution in [2.75, 3.05) is 6.61 Å². The quantitative estimate of drug-likeness (QED) is 0.0896. The van der Waals surface area contributed by atoms with Gasteiger partial charge < -0.3 is 4.74 Å². The molecule has 0 aliphatic carbocycles. The second kappa shape index (κ2) is 18.9. The number of aryl methyl sites for hydroxylation is 3. The lowest BCUT2D eigenvalue weighted by molar-refractivity contribution is -0.694. The van der Waals surface area contributed by atoms with E-state index in [1.807, 2.05) is 68.7 Å². The van der Waals surface area contributed by atoms with Crippen LogP contribution in [0.1, 0.15) is 113 Å². The number of nitrogens with zero attached hydrogens (tertiary/aromatic N) is 2. The minimum Gasteiger partial charge on any atom is -0.494 e.